The molecule has 0 atom stereocenters. The molecule has 0 radical (unpaired) electrons. The van der Waals surface area contributed by atoms with Gasteiger partial charge in [0.15, 0.2) is 9.84 Å². The Balaban J connectivity index is 1.65. The molecule has 0 aromatic heterocycles. The van der Waals surface area contributed by atoms with Crippen molar-refractivity contribution in [2.45, 2.75) is 22.6 Å². The van der Waals surface area contributed by atoms with E-state index in [4.69, 9.17) is 0 Å². The van der Waals surface area contributed by atoms with E-state index in [0.29, 0.717) is 11.0 Å². The van der Waals surface area contributed by atoms with Gasteiger partial charge >= 0.3 is 6.36 Å². The number of amides is 1. The van der Waals surface area contributed by atoms with Gasteiger partial charge < -0.3 is 15.2 Å². The summed E-state index contributed by atoms with van der Waals surface area (Å²) in [4.78, 5) is 12.6. The van der Waals surface area contributed by atoms with Gasteiger partial charge in [0.2, 0.25) is 0 Å². The number of hydrogen-bond acceptors (Lipinski definition) is 6. The van der Waals surface area contributed by atoms with Crippen LogP contribution in [0.25, 0.3) is 0 Å². The van der Waals surface area contributed by atoms with Crippen molar-refractivity contribution in [2.24, 2.45) is 0 Å². The van der Waals surface area contributed by atoms with Crippen LogP contribution in [0.5, 0.6) is 11.5 Å². The summed E-state index contributed by atoms with van der Waals surface area (Å²) >= 11 is 1.20. The summed E-state index contributed by atoms with van der Waals surface area (Å²) in [5.74, 6) is -3.53. The molecule has 3 aromatic carbocycles. The van der Waals surface area contributed by atoms with Crippen molar-refractivity contribution in [1.82, 2.24) is 0 Å². The van der Waals surface area contributed by atoms with Gasteiger partial charge in [0, 0.05) is 22.6 Å². The fourth-order valence-electron chi connectivity index (χ4n) is 3.06. The largest absolute Gasteiger partial charge is 0.573 e. The van der Waals surface area contributed by atoms with Crippen LogP contribution in [0.3, 0.4) is 0 Å². The fraction of sp³-hybridized carbons (Fsp3) is 0.174. The molecule has 0 spiro atoms. The molecule has 0 aliphatic heterocycles. The van der Waals surface area contributed by atoms with Crippen molar-refractivity contribution in [3.63, 3.8) is 0 Å². The van der Waals surface area contributed by atoms with E-state index in [1.54, 1.807) is 0 Å². The number of rotatable bonds is 8. The van der Waals surface area contributed by atoms with Crippen LogP contribution >= 0.6 is 11.8 Å². The monoisotopic (exact) mass is 547 g/mol. The molecule has 0 aliphatic carbocycles. The van der Waals surface area contributed by atoms with E-state index in [9.17, 15) is 40.3 Å². The Labute approximate surface area is 207 Å². The summed E-state index contributed by atoms with van der Waals surface area (Å²) < 4.78 is 93.0. The van der Waals surface area contributed by atoms with Gasteiger partial charge in [-0.3, -0.25) is 4.79 Å². The van der Waals surface area contributed by atoms with Crippen LogP contribution in [-0.4, -0.2) is 37.8 Å². The molecule has 3 rings (SSSR count). The maximum atomic E-state index is 14.6. The third-order valence-corrected chi connectivity index (χ3v) is 6.83. The zero-order valence-electron chi connectivity index (χ0n) is 18.4. The second-order valence-electron chi connectivity index (χ2n) is 7.45. The first-order valence-electron chi connectivity index (χ1n) is 10.0. The molecule has 13 heteroatoms. The van der Waals surface area contributed by atoms with Crippen LogP contribution < -0.4 is 10.1 Å². The highest BCUT2D eigenvalue weighted by Crippen LogP contribution is 2.28. The van der Waals surface area contributed by atoms with E-state index in [1.807, 2.05) is 0 Å². The third kappa shape index (κ3) is 7.34. The quantitative estimate of drug-likeness (QED) is 0.218. The van der Waals surface area contributed by atoms with Gasteiger partial charge in [0.05, 0.1) is 5.56 Å². The van der Waals surface area contributed by atoms with Gasteiger partial charge in [0.25, 0.3) is 5.91 Å². The van der Waals surface area contributed by atoms with Gasteiger partial charge in [-0.15, -0.1) is 24.9 Å². The predicted octanol–water partition coefficient (Wildman–Crippen LogP) is 5.56. The number of sulfone groups is 1. The second kappa shape index (κ2) is 10.7. The molecule has 192 valence electrons. The summed E-state index contributed by atoms with van der Waals surface area (Å²) in [6.45, 7) is 0. The number of hydrogen-bond donors (Lipinski definition) is 2. The van der Waals surface area contributed by atoms with Crippen LogP contribution in [0.1, 0.15) is 15.9 Å². The summed E-state index contributed by atoms with van der Waals surface area (Å²) in [5, 5.41) is 11.9. The van der Waals surface area contributed by atoms with Gasteiger partial charge in [-0.05, 0) is 66.6 Å². The number of thioether (sulfide) groups is 1. The maximum Gasteiger partial charge on any atom is 0.573 e. The molecule has 0 saturated carbocycles. The summed E-state index contributed by atoms with van der Waals surface area (Å²) in [6, 6.07) is 9.88. The average molecular weight is 548 g/mol. The van der Waals surface area contributed by atoms with Crippen molar-refractivity contribution in [2.75, 3.05) is 17.3 Å². The molecule has 0 fully saturated rings. The molecule has 0 unspecified atom stereocenters. The summed E-state index contributed by atoms with van der Waals surface area (Å²) in [5.41, 5.74) is -0.680. The normalized spacial score (nSPS) is 11.8. The molecule has 0 bridgehead atoms. The van der Waals surface area contributed by atoms with Crippen LogP contribution in [-0.2, 0) is 16.3 Å². The zero-order valence-corrected chi connectivity index (χ0v) is 20.0. The first-order chi connectivity index (χ1) is 16.7. The lowest BCUT2D eigenvalue weighted by molar-refractivity contribution is -0.274. The van der Waals surface area contributed by atoms with E-state index < -0.39 is 49.9 Å². The number of aryl methyl sites for hydroxylation is 1. The summed E-state index contributed by atoms with van der Waals surface area (Å²) in [7, 11) is -3.80. The maximum absolute atomic E-state index is 14.6. The molecule has 1 amide bonds. The lowest BCUT2D eigenvalue weighted by Crippen LogP contribution is -2.16. The van der Waals surface area contributed by atoms with Crippen molar-refractivity contribution in [3.8, 4) is 11.5 Å². The molecular formula is C23H18F5NO5S2. The van der Waals surface area contributed by atoms with Crippen molar-refractivity contribution >= 4 is 33.2 Å². The Kier molecular flexibility index (Phi) is 8.14. The molecule has 3 aromatic rings. The number of halogens is 5. The SMILES string of the molecule is CS(=O)(=O)c1cc(NC(=O)c2cc(F)c(CCSc3ccc(OC(F)(F)F)cc3)cc2F)ccc1O. The Morgan fingerprint density at radius 1 is 1.03 bits per heavy atom. The van der Waals surface area contributed by atoms with Gasteiger partial charge in [-0.1, -0.05) is 0 Å². The highest BCUT2D eigenvalue weighted by molar-refractivity contribution is 7.99. The number of aromatic hydroxyl groups is 1. The highest BCUT2D eigenvalue weighted by Gasteiger charge is 2.31. The number of carbonyl (C=O) groups excluding carboxylic acids is 1. The van der Waals surface area contributed by atoms with Crippen LogP contribution in [0.2, 0.25) is 0 Å². The van der Waals surface area contributed by atoms with E-state index in [1.165, 1.54) is 30.0 Å². The average Bonchev–Trinajstić information content (AvgIpc) is 2.76. The molecule has 2 N–H and O–H groups in total. The van der Waals surface area contributed by atoms with Crippen molar-refractivity contribution in [3.05, 3.63) is 77.4 Å². The molecule has 0 aliphatic rings. The number of ether oxygens (including phenoxy) is 1. The standard InChI is InChI=1S/C23H18F5NO5S2/c1-36(32,33)21-11-14(2-7-20(21)30)29-22(31)17-12-18(24)13(10-19(17)25)8-9-35-16-5-3-15(4-6-16)34-23(26,27)28/h2-7,10-12,30H,8-9H2,1H3,(H,29,31). The lowest BCUT2D eigenvalue weighted by atomic mass is 10.1. The smallest absolute Gasteiger partial charge is 0.507 e. The fourth-order valence-corrected chi connectivity index (χ4v) is 4.73. The topological polar surface area (TPSA) is 92.7 Å². The van der Waals surface area contributed by atoms with Gasteiger partial charge in [-0.25, -0.2) is 17.2 Å². The first kappa shape index (κ1) is 27.3. The number of phenolic OH excluding ortho intramolecular Hbond substituents is 1. The minimum atomic E-state index is -4.80. The number of nitrogens with one attached hydrogen (secondary N) is 1. The van der Waals surface area contributed by atoms with Crippen molar-refractivity contribution in [1.29, 1.82) is 0 Å². The minimum Gasteiger partial charge on any atom is -0.507 e. The van der Waals surface area contributed by atoms with Crippen LogP contribution in [0, 0.1) is 11.6 Å². The second-order valence-corrected chi connectivity index (χ2v) is 10.6. The number of benzene rings is 3. The number of alkyl halides is 3. The Bertz CT molecular complexity index is 1380. The molecule has 6 nitrogen and oxygen atoms in total. The summed E-state index contributed by atoms with van der Waals surface area (Å²) in [6.07, 6.45) is -3.88. The third-order valence-electron chi connectivity index (χ3n) is 4.70. The Hall–Kier alpha value is -3.32. The van der Waals surface area contributed by atoms with Crippen LogP contribution in [0.15, 0.2) is 64.4 Å². The van der Waals surface area contributed by atoms with E-state index in [0.717, 1.165) is 36.6 Å². The van der Waals surface area contributed by atoms with Crippen molar-refractivity contribution < 1.29 is 45.0 Å². The number of carbonyl (C=O) groups is 1. The lowest BCUT2D eigenvalue weighted by Gasteiger charge is -2.11. The van der Waals surface area contributed by atoms with Gasteiger partial charge in [-0.2, -0.15) is 0 Å². The number of phenols is 1. The van der Waals surface area contributed by atoms with E-state index in [-0.39, 0.29) is 29.2 Å². The molecule has 0 heterocycles. The van der Waals surface area contributed by atoms with Crippen LogP contribution in [0.4, 0.5) is 27.6 Å². The minimum absolute atomic E-state index is 0.0161. The molecule has 36 heavy (non-hydrogen) atoms. The molecule has 0 saturated heterocycles. The number of anilines is 1. The van der Waals surface area contributed by atoms with E-state index >= 15 is 0 Å². The Morgan fingerprint density at radius 2 is 1.69 bits per heavy atom. The predicted molar refractivity (Wildman–Crippen MR) is 123 cm³/mol. The highest BCUT2D eigenvalue weighted by atomic mass is 32.2. The Morgan fingerprint density at radius 3 is 2.31 bits per heavy atom. The molecular weight excluding hydrogens is 529 g/mol. The van der Waals surface area contributed by atoms with E-state index in [2.05, 4.69) is 10.1 Å². The first-order valence-corrected chi connectivity index (χ1v) is 12.9. The van der Waals surface area contributed by atoms with Gasteiger partial charge in [0.1, 0.15) is 28.0 Å². The zero-order chi connectivity index (χ0) is 26.7.